The highest BCUT2D eigenvalue weighted by molar-refractivity contribution is 5.77. The Kier molecular flexibility index (Phi) is 3.92. The van der Waals surface area contributed by atoms with E-state index < -0.39 is 0 Å². The van der Waals surface area contributed by atoms with Gasteiger partial charge in [0.15, 0.2) is 6.61 Å². The molecule has 1 heterocycles. The zero-order valence-corrected chi connectivity index (χ0v) is 12.0. The van der Waals surface area contributed by atoms with Gasteiger partial charge in [0, 0.05) is 32.2 Å². The van der Waals surface area contributed by atoms with Gasteiger partial charge in [0.25, 0.3) is 5.91 Å². The average Bonchev–Trinajstić information content (AvgIpc) is 3.31. The van der Waals surface area contributed by atoms with Crippen LogP contribution in [0.5, 0.6) is 5.75 Å². The minimum Gasteiger partial charge on any atom is -0.484 e. The first kappa shape index (κ1) is 13.4. The number of carbonyl (C=O) groups excluding carboxylic acids is 1. The molecule has 1 aliphatic heterocycles. The molecule has 20 heavy (non-hydrogen) atoms. The fourth-order valence-electron chi connectivity index (χ4n) is 2.65. The minimum atomic E-state index is 0.0982. The smallest absolute Gasteiger partial charge is 0.260 e. The van der Waals surface area contributed by atoms with E-state index in [0.29, 0.717) is 0 Å². The second-order valence-electron chi connectivity index (χ2n) is 5.75. The molecular weight excluding hydrogens is 252 g/mol. The summed E-state index contributed by atoms with van der Waals surface area (Å²) in [7, 11) is 0. The number of benzene rings is 1. The fraction of sp³-hybridized carbons (Fsp3) is 0.562. The van der Waals surface area contributed by atoms with Crippen LogP contribution in [0.1, 0.15) is 18.4 Å². The van der Waals surface area contributed by atoms with Crippen LogP contribution in [0.2, 0.25) is 0 Å². The Hall–Kier alpha value is -1.55. The largest absolute Gasteiger partial charge is 0.484 e. The summed E-state index contributed by atoms with van der Waals surface area (Å²) in [6.07, 6.45) is 2.68. The number of piperazine rings is 1. The molecule has 2 fully saturated rings. The van der Waals surface area contributed by atoms with E-state index in [-0.39, 0.29) is 12.5 Å². The van der Waals surface area contributed by atoms with Crippen LogP contribution >= 0.6 is 0 Å². The van der Waals surface area contributed by atoms with Gasteiger partial charge in [0.05, 0.1) is 0 Å². The fourth-order valence-corrected chi connectivity index (χ4v) is 2.65. The zero-order valence-electron chi connectivity index (χ0n) is 12.0. The summed E-state index contributed by atoms with van der Waals surface area (Å²) in [5.74, 6) is 0.863. The maximum absolute atomic E-state index is 12.1. The summed E-state index contributed by atoms with van der Waals surface area (Å²) in [5.41, 5.74) is 1.19. The normalized spacial score (nSPS) is 19.9. The third-order valence-electron chi connectivity index (χ3n) is 4.11. The predicted molar refractivity (Wildman–Crippen MR) is 77.8 cm³/mol. The number of nitrogens with zero attached hydrogens (tertiary/aromatic N) is 2. The summed E-state index contributed by atoms with van der Waals surface area (Å²) in [4.78, 5) is 16.5. The number of rotatable bonds is 4. The van der Waals surface area contributed by atoms with Gasteiger partial charge in [0.1, 0.15) is 5.75 Å². The van der Waals surface area contributed by atoms with Crippen LogP contribution in [0.3, 0.4) is 0 Å². The Labute approximate surface area is 120 Å². The molecule has 1 aliphatic carbocycles. The number of hydrogen-bond acceptors (Lipinski definition) is 3. The van der Waals surface area contributed by atoms with Crippen LogP contribution < -0.4 is 4.74 Å². The highest BCUT2D eigenvalue weighted by atomic mass is 16.5. The molecule has 2 aliphatic rings. The Morgan fingerprint density at radius 1 is 1.15 bits per heavy atom. The monoisotopic (exact) mass is 274 g/mol. The molecule has 0 unspecified atom stereocenters. The summed E-state index contributed by atoms with van der Waals surface area (Å²) >= 11 is 0. The molecule has 108 valence electrons. The number of amides is 1. The van der Waals surface area contributed by atoms with Crippen molar-refractivity contribution in [3.05, 3.63) is 29.8 Å². The number of carbonyl (C=O) groups is 1. The van der Waals surface area contributed by atoms with Gasteiger partial charge in [0.2, 0.25) is 0 Å². The second-order valence-corrected chi connectivity index (χ2v) is 5.75. The highest BCUT2D eigenvalue weighted by Gasteiger charge is 2.32. The van der Waals surface area contributed by atoms with Crippen molar-refractivity contribution < 1.29 is 9.53 Å². The highest BCUT2D eigenvalue weighted by Crippen LogP contribution is 2.27. The first-order chi connectivity index (χ1) is 9.72. The molecule has 1 saturated heterocycles. The van der Waals surface area contributed by atoms with E-state index in [1.54, 1.807) is 0 Å². The molecule has 4 nitrogen and oxygen atoms in total. The first-order valence-electron chi connectivity index (χ1n) is 7.44. The van der Waals surface area contributed by atoms with Crippen LogP contribution in [0, 0.1) is 6.92 Å². The van der Waals surface area contributed by atoms with Crippen molar-refractivity contribution in [1.82, 2.24) is 9.80 Å². The van der Waals surface area contributed by atoms with Gasteiger partial charge in [-0.3, -0.25) is 9.69 Å². The van der Waals surface area contributed by atoms with Gasteiger partial charge in [-0.15, -0.1) is 0 Å². The second kappa shape index (κ2) is 5.83. The van der Waals surface area contributed by atoms with Gasteiger partial charge in [-0.2, -0.15) is 0 Å². The Morgan fingerprint density at radius 3 is 2.40 bits per heavy atom. The molecule has 0 bridgehead atoms. The molecule has 1 saturated carbocycles. The van der Waals surface area contributed by atoms with Crippen LogP contribution in [0.15, 0.2) is 24.3 Å². The maximum atomic E-state index is 12.1. The lowest BCUT2D eigenvalue weighted by Crippen LogP contribution is -2.50. The maximum Gasteiger partial charge on any atom is 0.260 e. The molecule has 0 radical (unpaired) electrons. The van der Waals surface area contributed by atoms with Crippen molar-refractivity contribution in [2.24, 2.45) is 0 Å². The first-order valence-corrected chi connectivity index (χ1v) is 7.44. The molecule has 0 aromatic heterocycles. The van der Waals surface area contributed by atoms with E-state index in [1.165, 1.54) is 18.4 Å². The van der Waals surface area contributed by atoms with Crippen LogP contribution in [0.4, 0.5) is 0 Å². The Morgan fingerprint density at radius 2 is 1.80 bits per heavy atom. The third-order valence-corrected chi connectivity index (χ3v) is 4.11. The summed E-state index contributed by atoms with van der Waals surface area (Å²) in [6.45, 7) is 5.89. The van der Waals surface area contributed by atoms with Crippen molar-refractivity contribution in [2.75, 3.05) is 32.8 Å². The molecule has 0 spiro atoms. The standard InChI is InChI=1S/C16H22N2O2/c1-13-2-6-15(7-3-13)20-12-16(19)18-10-8-17(9-11-18)14-4-5-14/h2-3,6-7,14H,4-5,8-12H2,1H3. The van der Waals surface area contributed by atoms with E-state index in [9.17, 15) is 4.79 Å². The topological polar surface area (TPSA) is 32.8 Å². The van der Waals surface area contributed by atoms with Crippen molar-refractivity contribution in [2.45, 2.75) is 25.8 Å². The summed E-state index contributed by atoms with van der Waals surface area (Å²) in [5, 5.41) is 0. The molecule has 3 rings (SSSR count). The number of ether oxygens (including phenoxy) is 1. The molecule has 0 N–H and O–H groups in total. The minimum absolute atomic E-state index is 0.0982. The Balaban J connectivity index is 1.43. The summed E-state index contributed by atoms with van der Waals surface area (Å²) < 4.78 is 5.56. The number of aryl methyl sites for hydroxylation is 1. The van der Waals surface area contributed by atoms with Crippen molar-refractivity contribution >= 4 is 5.91 Å². The Bertz CT molecular complexity index is 460. The van der Waals surface area contributed by atoms with E-state index in [1.807, 2.05) is 36.1 Å². The van der Waals surface area contributed by atoms with Gasteiger partial charge in [-0.25, -0.2) is 0 Å². The molecular formula is C16H22N2O2. The molecule has 1 amide bonds. The van der Waals surface area contributed by atoms with E-state index >= 15 is 0 Å². The lowest BCUT2D eigenvalue weighted by molar-refractivity contribution is -0.135. The van der Waals surface area contributed by atoms with Crippen LogP contribution in [0.25, 0.3) is 0 Å². The summed E-state index contributed by atoms with van der Waals surface area (Å²) in [6, 6.07) is 8.61. The van der Waals surface area contributed by atoms with E-state index in [0.717, 1.165) is 38.0 Å². The van der Waals surface area contributed by atoms with Crippen LogP contribution in [-0.2, 0) is 4.79 Å². The molecule has 1 aromatic carbocycles. The van der Waals surface area contributed by atoms with Crippen LogP contribution in [-0.4, -0.2) is 54.5 Å². The van der Waals surface area contributed by atoms with Gasteiger partial charge in [-0.05, 0) is 31.9 Å². The SMILES string of the molecule is Cc1ccc(OCC(=O)N2CCN(C3CC3)CC2)cc1. The van der Waals surface area contributed by atoms with Gasteiger partial charge in [-0.1, -0.05) is 17.7 Å². The quantitative estimate of drug-likeness (QED) is 0.837. The number of hydrogen-bond donors (Lipinski definition) is 0. The van der Waals surface area contributed by atoms with E-state index in [2.05, 4.69) is 4.90 Å². The van der Waals surface area contributed by atoms with Crippen molar-refractivity contribution in [1.29, 1.82) is 0 Å². The average molecular weight is 274 g/mol. The zero-order chi connectivity index (χ0) is 13.9. The predicted octanol–water partition coefficient (Wildman–Crippen LogP) is 1.68. The van der Waals surface area contributed by atoms with Crippen molar-refractivity contribution in [3.8, 4) is 5.75 Å². The lowest BCUT2D eigenvalue weighted by Gasteiger charge is -2.34. The molecule has 0 atom stereocenters. The lowest BCUT2D eigenvalue weighted by atomic mass is 10.2. The van der Waals surface area contributed by atoms with Gasteiger partial charge < -0.3 is 9.64 Å². The third kappa shape index (κ3) is 3.31. The van der Waals surface area contributed by atoms with Gasteiger partial charge >= 0.3 is 0 Å². The molecule has 4 heteroatoms. The molecule has 1 aromatic rings. The van der Waals surface area contributed by atoms with Crippen molar-refractivity contribution in [3.63, 3.8) is 0 Å². The van der Waals surface area contributed by atoms with E-state index in [4.69, 9.17) is 4.74 Å².